The molecule has 0 radical (unpaired) electrons. The van der Waals surface area contributed by atoms with Gasteiger partial charge in [0.25, 0.3) is 5.91 Å². The highest BCUT2D eigenvalue weighted by Gasteiger charge is 2.09. The van der Waals surface area contributed by atoms with Gasteiger partial charge in [-0.15, -0.1) is 0 Å². The Hall–Kier alpha value is -1.02. The molecule has 0 saturated heterocycles. The van der Waals surface area contributed by atoms with Crippen molar-refractivity contribution in [3.05, 3.63) is 33.3 Å². The van der Waals surface area contributed by atoms with Crippen molar-refractivity contribution in [1.82, 2.24) is 10.2 Å². The van der Waals surface area contributed by atoms with Gasteiger partial charge in [-0.3, -0.25) is 9.69 Å². The van der Waals surface area contributed by atoms with Crippen LogP contribution in [0.5, 0.6) is 0 Å². The number of amides is 1. The predicted molar refractivity (Wildman–Crippen MR) is 77.8 cm³/mol. The largest absolute Gasteiger partial charge is 0.341 e. The van der Waals surface area contributed by atoms with E-state index in [-0.39, 0.29) is 5.91 Å². The predicted octanol–water partition coefficient (Wildman–Crippen LogP) is 2.40. The average molecular weight is 330 g/mol. The number of hydrogen-bond acceptors (Lipinski definition) is 2. The van der Waals surface area contributed by atoms with Crippen LogP contribution in [0.15, 0.2) is 22.7 Å². The average Bonchev–Trinajstić information content (AvgIpc) is 2.31. The maximum atomic E-state index is 11.8. The molecule has 5 heteroatoms. The van der Waals surface area contributed by atoms with Crippen molar-refractivity contribution >= 4 is 33.4 Å². The lowest BCUT2D eigenvalue weighted by molar-refractivity contribution is 0.0959. The minimum absolute atomic E-state index is 0.222. The first kappa shape index (κ1) is 15.0. The maximum absolute atomic E-state index is 11.8. The molecule has 0 aromatic heterocycles. The summed E-state index contributed by atoms with van der Waals surface area (Å²) in [5.74, 6) is 5.59. The molecule has 0 atom stereocenters. The summed E-state index contributed by atoms with van der Waals surface area (Å²) in [5.41, 5.74) is 0.445. The molecule has 0 aliphatic heterocycles. The SMILES string of the molecule is CN(C)CC#CCNC(=O)c1cc(Br)ccc1Cl. The smallest absolute Gasteiger partial charge is 0.253 e. The Morgan fingerprint density at radius 3 is 2.83 bits per heavy atom. The second kappa shape index (κ2) is 7.42. The van der Waals surface area contributed by atoms with Gasteiger partial charge in [-0.1, -0.05) is 39.4 Å². The molecule has 1 rings (SSSR count). The third-order valence-corrected chi connectivity index (χ3v) is 2.85. The molecule has 0 spiro atoms. The Morgan fingerprint density at radius 2 is 2.17 bits per heavy atom. The molecule has 0 bridgehead atoms. The minimum atomic E-state index is -0.222. The van der Waals surface area contributed by atoms with Gasteiger partial charge >= 0.3 is 0 Å². The molecular formula is C13H14BrClN2O. The van der Waals surface area contributed by atoms with Crippen LogP contribution in [-0.4, -0.2) is 38.0 Å². The highest BCUT2D eigenvalue weighted by atomic mass is 79.9. The summed E-state index contributed by atoms with van der Waals surface area (Å²) >= 11 is 9.25. The van der Waals surface area contributed by atoms with Crippen molar-refractivity contribution in [1.29, 1.82) is 0 Å². The molecule has 0 unspecified atom stereocenters. The highest BCUT2D eigenvalue weighted by molar-refractivity contribution is 9.10. The van der Waals surface area contributed by atoms with Crippen molar-refractivity contribution in [3.8, 4) is 11.8 Å². The van der Waals surface area contributed by atoms with E-state index in [9.17, 15) is 4.79 Å². The van der Waals surface area contributed by atoms with Crippen LogP contribution in [0.3, 0.4) is 0 Å². The molecule has 3 nitrogen and oxygen atoms in total. The number of carbonyl (C=O) groups is 1. The van der Waals surface area contributed by atoms with E-state index in [1.165, 1.54) is 0 Å². The standard InChI is InChI=1S/C13H14BrClN2O/c1-17(2)8-4-3-7-16-13(18)11-9-10(14)5-6-12(11)15/h5-6,9H,7-8H2,1-2H3,(H,16,18). The summed E-state index contributed by atoms with van der Waals surface area (Å²) in [5, 5.41) is 3.13. The van der Waals surface area contributed by atoms with Crippen LogP contribution in [0.1, 0.15) is 10.4 Å². The first-order chi connectivity index (χ1) is 8.50. The fourth-order valence-electron chi connectivity index (χ4n) is 1.17. The van der Waals surface area contributed by atoms with Crippen LogP contribution in [-0.2, 0) is 0 Å². The van der Waals surface area contributed by atoms with Crippen LogP contribution in [0, 0.1) is 11.8 Å². The summed E-state index contributed by atoms with van der Waals surface area (Å²) in [6, 6.07) is 5.15. The highest BCUT2D eigenvalue weighted by Crippen LogP contribution is 2.20. The second-order valence-electron chi connectivity index (χ2n) is 3.90. The lowest BCUT2D eigenvalue weighted by atomic mass is 10.2. The Labute approximate surface area is 121 Å². The molecule has 0 heterocycles. The van der Waals surface area contributed by atoms with Crippen molar-refractivity contribution in [3.63, 3.8) is 0 Å². The van der Waals surface area contributed by atoms with Crippen LogP contribution >= 0.6 is 27.5 Å². The van der Waals surface area contributed by atoms with E-state index in [1.54, 1.807) is 18.2 Å². The van der Waals surface area contributed by atoms with Crippen molar-refractivity contribution < 1.29 is 4.79 Å². The van der Waals surface area contributed by atoms with Crippen LogP contribution in [0.4, 0.5) is 0 Å². The summed E-state index contributed by atoms with van der Waals surface area (Å²) in [6.07, 6.45) is 0. The Bertz CT molecular complexity index is 491. The summed E-state index contributed by atoms with van der Waals surface area (Å²) in [6.45, 7) is 0.989. The van der Waals surface area contributed by atoms with Crippen molar-refractivity contribution in [2.45, 2.75) is 0 Å². The van der Waals surface area contributed by atoms with E-state index in [4.69, 9.17) is 11.6 Å². The van der Waals surface area contributed by atoms with E-state index in [1.807, 2.05) is 19.0 Å². The quantitative estimate of drug-likeness (QED) is 0.864. The molecule has 0 saturated carbocycles. The van der Waals surface area contributed by atoms with E-state index >= 15 is 0 Å². The van der Waals surface area contributed by atoms with Gasteiger partial charge in [0.05, 0.1) is 23.7 Å². The molecule has 1 amide bonds. The zero-order valence-corrected chi connectivity index (χ0v) is 12.6. The summed E-state index contributed by atoms with van der Waals surface area (Å²) in [4.78, 5) is 13.8. The lowest BCUT2D eigenvalue weighted by Crippen LogP contribution is -2.24. The zero-order valence-electron chi connectivity index (χ0n) is 10.3. The van der Waals surface area contributed by atoms with Crippen LogP contribution in [0.25, 0.3) is 0 Å². The first-order valence-electron chi connectivity index (χ1n) is 5.34. The summed E-state index contributed by atoms with van der Waals surface area (Å²) < 4.78 is 0.816. The number of rotatable bonds is 3. The number of carbonyl (C=O) groups excluding carboxylic acids is 1. The van der Waals surface area contributed by atoms with Crippen molar-refractivity contribution in [2.24, 2.45) is 0 Å². The Morgan fingerprint density at radius 1 is 1.44 bits per heavy atom. The molecule has 1 aromatic rings. The van der Waals surface area contributed by atoms with Gasteiger partial charge in [0.15, 0.2) is 0 Å². The van der Waals surface area contributed by atoms with E-state index < -0.39 is 0 Å². The number of nitrogens with zero attached hydrogens (tertiary/aromatic N) is 1. The van der Waals surface area contributed by atoms with E-state index in [0.717, 1.165) is 4.47 Å². The fraction of sp³-hybridized carbons (Fsp3) is 0.308. The van der Waals surface area contributed by atoms with Gasteiger partial charge in [-0.05, 0) is 32.3 Å². The molecule has 1 N–H and O–H groups in total. The number of hydrogen-bond donors (Lipinski definition) is 1. The normalized spacial score (nSPS) is 9.83. The molecule has 96 valence electrons. The van der Waals surface area contributed by atoms with Crippen LogP contribution < -0.4 is 5.32 Å². The van der Waals surface area contributed by atoms with Gasteiger partial charge in [0.2, 0.25) is 0 Å². The van der Waals surface area contributed by atoms with Gasteiger partial charge in [0.1, 0.15) is 0 Å². The Kier molecular flexibility index (Phi) is 6.20. The third-order valence-electron chi connectivity index (χ3n) is 2.03. The van der Waals surface area contributed by atoms with Gasteiger partial charge < -0.3 is 5.32 Å². The van der Waals surface area contributed by atoms with E-state index in [2.05, 4.69) is 33.1 Å². The third kappa shape index (κ3) is 5.09. The molecule has 1 aromatic carbocycles. The van der Waals surface area contributed by atoms with E-state index in [0.29, 0.717) is 23.7 Å². The molecule has 18 heavy (non-hydrogen) atoms. The summed E-state index contributed by atoms with van der Waals surface area (Å²) in [7, 11) is 3.88. The number of benzene rings is 1. The zero-order chi connectivity index (χ0) is 13.5. The monoisotopic (exact) mass is 328 g/mol. The molecular weight excluding hydrogens is 316 g/mol. The second-order valence-corrected chi connectivity index (χ2v) is 5.22. The van der Waals surface area contributed by atoms with Gasteiger partial charge in [-0.2, -0.15) is 0 Å². The molecule has 0 aliphatic carbocycles. The van der Waals surface area contributed by atoms with Gasteiger partial charge in [-0.25, -0.2) is 0 Å². The lowest BCUT2D eigenvalue weighted by Gasteiger charge is -2.04. The fourth-order valence-corrected chi connectivity index (χ4v) is 1.73. The number of nitrogens with one attached hydrogen (secondary N) is 1. The van der Waals surface area contributed by atoms with Gasteiger partial charge in [0, 0.05) is 4.47 Å². The Balaban J connectivity index is 2.55. The molecule has 0 fully saturated rings. The maximum Gasteiger partial charge on any atom is 0.253 e. The van der Waals surface area contributed by atoms with Crippen LogP contribution in [0.2, 0.25) is 5.02 Å². The minimum Gasteiger partial charge on any atom is -0.341 e. The first-order valence-corrected chi connectivity index (χ1v) is 6.51. The number of halogens is 2. The topological polar surface area (TPSA) is 32.3 Å². The van der Waals surface area contributed by atoms with Crippen molar-refractivity contribution in [2.75, 3.05) is 27.2 Å². The molecule has 0 aliphatic rings.